The number of carbonyl (C=O) groups is 2. The van der Waals surface area contributed by atoms with Crippen molar-refractivity contribution in [2.24, 2.45) is 11.3 Å². The molecule has 2 aliphatic heterocycles. The van der Waals surface area contributed by atoms with Crippen molar-refractivity contribution in [1.82, 2.24) is 4.90 Å². The van der Waals surface area contributed by atoms with E-state index in [1.54, 1.807) is 12.1 Å². The number of carbonyl (C=O) groups excluding carboxylic acids is 2. The predicted molar refractivity (Wildman–Crippen MR) is 93.6 cm³/mol. The van der Waals surface area contributed by atoms with Gasteiger partial charge >= 0.3 is 0 Å². The van der Waals surface area contributed by atoms with Gasteiger partial charge in [0, 0.05) is 31.7 Å². The predicted octanol–water partition coefficient (Wildman–Crippen LogP) is 3.36. The Morgan fingerprint density at radius 2 is 1.76 bits per heavy atom. The summed E-state index contributed by atoms with van der Waals surface area (Å²) < 4.78 is 13.2. The van der Waals surface area contributed by atoms with Crippen LogP contribution in [0.1, 0.15) is 44.9 Å². The summed E-state index contributed by atoms with van der Waals surface area (Å²) in [6.45, 7) is 2.07. The first-order chi connectivity index (χ1) is 12.1. The van der Waals surface area contributed by atoms with Crippen molar-refractivity contribution in [3.8, 4) is 0 Å². The highest BCUT2D eigenvalue weighted by Crippen LogP contribution is 2.43. The first kappa shape index (κ1) is 16.6. The molecule has 1 aliphatic carbocycles. The third-order valence-electron chi connectivity index (χ3n) is 6.11. The molecule has 0 radical (unpaired) electrons. The number of amides is 2. The van der Waals surface area contributed by atoms with Gasteiger partial charge in [-0.3, -0.25) is 9.59 Å². The average Bonchev–Trinajstić information content (AvgIpc) is 3.43. The molecule has 3 fully saturated rings. The summed E-state index contributed by atoms with van der Waals surface area (Å²) in [7, 11) is 0. The fourth-order valence-corrected chi connectivity index (χ4v) is 4.28. The summed E-state index contributed by atoms with van der Waals surface area (Å²) in [5, 5.41) is 0. The van der Waals surface area contributed by atoms with Gasteiger partial charge in [0.1, 0.15) is 5.82 Å². The number of hydrogen-bond donors (Lipinski definition) is 0. The van der Waals surface area contributed by atoms with E-state index >= 15 is 0 Å². The van der Waals surface area contributed by atoms with E-state index in [0.717, 1.165) is 31.4 Å². The molecule has 5 heteroatoms. The van der Waals surface area contributed by atoms with Crippen LogP contribution in [0.4, 0.5) is 10.1 Å². The first-order valence-corrected chi connectivity index (χ1v) is 9.43. The van der Waals surface area contributed by atoms with Crippen LogP contribution in [0, 0.1) is 17.2 Å². The zero-order valence-corrected chi connectivity index (χ0v) is 14.5. The van der Waals surface area contributed by atoms with Crippen molar-refractivity contribution in [1.29, 1.82) is 0 Å². The van der Waals surface area contributed by atoms with Crippen molar-refractivity contribution in [2.75, 3.05) is 24.5 Å². The zero-order chi connectivity index (χ0) is 17.4. The molecule has 25 heavy (non-hydrogen) atoms. The summed E-state index contributed by atoms with van der Waals surface area (Å²) in [4.78, 5) is 29.3. The second kappa shape index (κ2) is 6.43. The Hall–Kier alpha value is -1.91. The Labute approximate surface area is 148 Å². The maximum Gasteiger partial charge on any atom is 0.233 e. The van der Waals surface area contributed by atoms with Gasteiger partial charge in [-0.15, -0.1) is 0 Å². The Kier molecular flexibility index (Phi) is 4.26. The van der Waals surface area contributed by atoms with Crippen LogP contribution >= 0.6 is 0 Å². The number of nitrogens with zero attached hydrogens (tertiary/aromatic N) is 2. The quantitative estimate of drug-likeness (QED) is 0.844. The molecule has 0 aromatic heterocycles. The van der Waals surface area contributed by atoms with Crippen LogP contribution in [0.2, 0.25) is 0 Å². The van der Waals surface area contributed by atoms with Crippen LogP contribution in [0.5, 0.6) is 0 Å². The van der Waals surface area contributed by atoms with Crippen LogP contribution in [0.25, 0.3) is 0 Å². The van der Waals surface area contributed by atoms with Gasteiger partial charge in [0.2, 0.25) is 11.8 Å². The Bertz CT molecular complexity index is 661. The normalized spacial score (nSPS) is 23.2. The topological polar surface area (TPSA) is 40.6 Å². The highest BCUT2D eigenvalue weighted by atomic mass is 19.1. The van der Waals surface area contributed by atoms with Gasteiger partial charge in [0.05, 0.1) is 5.41 Å². The summed E-state index contributed by atoms with van der Waals surface area (Å²) in [6.07, 6.45) is 6.42. The molecule has 1 spiro atoms. The smallest absolute Gasteiger partial charge is 0.233 e. The summed E-state index contributed by atoms with van der Waals surface area (Å²) in [5.41, 5.74) is 0.431. The van der Waals surface area contributed by atoms with Crippen LogP contribution in [0.3, 0.4) is 0 Å². The molecule has 1 saturated carbocycles. The van der Waals surface area contributed by atoms with Crippen LogP contribution in [-0.4, -0.2) is 36.3 Å². The molecule has 4 rings (SSSR count). The molecule has 134 valence electrons. The second-order valence-electron chi connectivity index (χ2n) is 7.85. The summed E-state index contributed by atoms with van der Waals surface area (Å²) in [6, 6.07) is 6.17. The van der Waals surface area contributed by atoms with Gasteiger partial charge in [0.25, 0.3) is 0 Å². The van der Waals surface area contributed by atoms with E-state index in [0.29, 0.717) is 32.0 Å². The number of likely N-dealkylation sites (tertiary alicyclic amines) is 1. The summed E-state index contributed by atoms with van der Waals surface area (Å²) in [5.74, 6) is 0.731. The van der Waals surface area contributed by atoms with E-state index in [2.05, 4.69) is 0 Å². The van der Waals surface area contributed by atoms with Gasteiger partial charge in [-0.25, -0.2) is 4.39 Å². The second-order valence-corrected chi connectivity index (χ2v) is 7.85. The van der Waals surface area contributed by atoms with Gasteiger partial charge in [-0.1, -0.05) is 0 Å². The lowest BCUT2D eigenvalue weighted by Crippen LogP contribution is -2.54. The van der Waals surface area contributed by atoms with Crippen LogP contribution in [-0.2, 0) is 9.59 Å². The van der Waals surface area contributed by atoms with Crippen molar-refractivity contribution in [3.05, 3.63) is 30.1 Å². The monoisotopic (exact) mass is 344 g/mol. The highest BCUT2D eigenvalue weighted by Gasteiger charge is 2.46. The third-order valence-corrected chi connectivity index (χ3v) is 6.11. The molecule has 4 nitrogen and oxygen atoms in total. The van der Waals surface area contributed by atoms with E-state index in [9.17, 15) is 14.0 Å². The molecular formula is C20H25FN2O2. The molecule has 0 bridgehead atoms. The number of piperidine rings is 2. The van der Waals surface area contributed by atoms with E-state index < -0.39 is 0 Å². The minimum absolute atomic E-state index is 0.152. The van der Waals surface area contributed by atoms with Gasteiger partial charge in [-0.2, -0.15) is 0 Å². The number of halogens is 1. The standard InChI is InChI=1S/C20H25FN2O2/c21-16-4-6-17(7-5-16)23-11-1-8-20(19(23)25)9-12-22(13-10-20)18(24)14-15-2-3-15/h4-7,15H,1-3,8-14H2. The Morgan fingerprint density at radius 3 is 2.40 bits per heavy atom. The van der Waals surface area contributed by atoms with Gasteiger partial charge in [-0.05, 0) is 68.7 Å². The molecule has 0 unspecified atom stereocenters. The molecule has 1 aromatic rings. The molecule has 2 amide bonds. The Balaban J connectivity index is 1.44. The maximum atomic E-state index is 13.2. The van der Waals surface area contributed by atoms with Crippen LogP contribution < -0.4 is 4.90 Å². The van der Waals surface area contributed by atoms with E-state index in [1.165, 1.54) is 25.0 Å². The van der Waals surface area contributed by atoms with Crippen molar-refractivity contribution in [2.45, 2.75) is 44.9 Å². The van der Waals surface area contributed by atoms with Crippen molar-refractivity contribution >= 4 is 17.5 Å². The SMILES string of the molecule is O=C(CC1CC1)N1CCC2(CCCN(c3ccc(F)cc3)C2=O)CC1. The number of hydrogen-bond acceptors (Lipinski definition) is 2. The molecular weight excluding hydrogens is 319 g/mol. The molecule has 0 N–H and O–H groups in total. The first-order valence-electron chi connectivity index (χ1n) is 9.43. The van der Waals surface area contributed by atoms with Gasteiger partial charge < -0.3 is 9.80 Å². The third kappa shape index (κ3) is 3.29. The fourth-order valence-electron chi connectivity index (χ4n) is 4.28. The van der Waals surface area contributed by atoms with Crippen LogP contribution in [0.15, 0.2) is 24.3 Å². The molecule has 2 saturated heterocycles. The highest BCUT2D eigenvalue weighted by molar-refractivity contribution is 5.98. The number of rotatable bonds is 3. The van der Waals surface area contributed by atoms with Crippen molar-refractivity contribution < 1.29 is 14.0 Å². The van der Waals surface area contributed by atoms with E-state index in [-0.39, 0.29) is 23.0 Å². The van der Waals surface area contributed by atoms with Gasteiger partial charge in [0.15, 0.2) is 0 Å². The number of anilines is 1. The maximum absolute atomic E-state index is 13.2. The lowest BCUT2D eigenvalue weighted by Gasteiger charge is -2.46. The molecule has 0 atom stereocenters. The lowest BCUT2D eigenvalue weighted by molar-refractivity contribution is -0.140. The number of benzene rings is 1. The van der Waals surface area contributed by atoms with E-state index in [4.69, 9.17) is 0 Å². The molecule has 1 aromatic carbocycles. The largest absolute Gasteiger partial charge is 0.343 e. The Morgan fingerprint density at radius 1 is 1.08 bits per heavy atom. The molecule has 2 heterocycles. The zero-order valence-electron chi connectivity index (χ0n) is 14.5. The lowest BCUT2D eigenvalue weighted by atomic mass is 9.71. The minimum atomic E-state index is -0.344. The average molecular weight is 344 g/mol. The van der Waals surface area contributed by atoms with Crippen molar-refractivity contribution in [3.63, 3.8) is 0 Å². The van der Waals surface area contributed by atoms with E-state index in [1.807, 2.05) is 9.80 Å². The minimum Gasteiger partial charge on any atom is -0.343 e. The fraction of sp³-hybridized carbons (Fsp3) is 0.600. The molecule has 3 aliphatic rings. The summed E-state index contributed by atoms with van der Waals surface area (Å²) >= 11 is 0.